The van der Waals surface area contributed by atoms with E-state index in [1.165, 1.54) is 17.8 Å². The molecular weight excluding hydrogens is 220 g/mol. The Morgan fingerprint density at radius 1 is 1.12 bits per heavy atom. The van der Waals surface area contributed by atoms with Gasteiger partial charge in [-0.15, -0.1) is 11.8 Å². The number of fused-ring (bicyclic) bond motifs is 2. The minimum Gasteiger partial charge on any atom is -0.293 e. The van der Waals surface area contributed by atoms with E-state index in [0.717, 1.165) is 4.90 Å². The lowest BCUT2D eigenvalue weighted by atomic mass is 9.94. The third kappa shape index (κ3) is 1.28. The molecule has 0 saturated carbocycles. The van der Waals surface area contributed by atoms with E-state index >= 15 is 0 Å². The molecule has 3 rings (SSSR count). The Kier molecular flexibility index (Phi) is 2.07. The monoisotopic (exact) mass is 228 g/mol. The Labute approximate surface area is 97.0 Å². The van der Waals surface area contributed by atoms with Crippen LogP contribution >= 0.6 is 11.8 Å². The van der Waals surface area contributed by atoms with Crippen LogP contribution in [0.5, 0.6) is 0 Å². The Hall–Kier alpha value is -1.61. The van der Waals surface area contributed by atoms with Crippen LogP contribution in [-0.4, -0.2) is 16.8 Å². The van der Waals surface area contributed by atoms with Gasteiger partial charge in [0.15, 0.2) is 11.6 Å². The number of hydrogen-bond acceptors (Lipinski definition) is 3. The first kappa shape index (κ1) is 9.60. The fraction of sp³-hybridized carbons (Fsp3) is 0.0769. The van der Waals surface area contributed by atoms with Crippen LogP contribution < -0.4 is 0 Å². The lowest BCUT2D eigenvalue weighted by Crippen LogP contribution is -2.28. The summed E-state index contributed by atoms with van der Waals surface area (Å²) in [4.78, 5) is 24.7. The van der Waals surface area contributed by atoms with Gasteiger partial charge >= 0.3 is 0 Å². The third-order valence-electron chi connectivity index (χ3n) is 2.72. The zero-order valence-corrected chi connectivity index (χ0v) is 9.16. The molecule has 0 aromatic heterocycles. The molecule has 0 saturated heterocycles. The summed E-state index contributed by atoms with van der Waals surface area (Å²) < 4.78 is 0. The molecular formula is C13H8O2S. The van der Waals surface area contributed by atoms with Crippen molar-refractivity contribution < 1.29 is 9.59 Å². The molecule has 16 heavy (non-hydrogen) atoms. The van der Waals surface area contributed by atoms with Crippen LogP contribution in [-0.2, 0) is 4.79 Å². The number of ketones is 2. The van der Waals surface area contributed by atoms with E-state index in [0.29, 0.717) is 11.1 Å². The van der Waals surface area contributed by atoms with Crippen LogP contribution in [0, 0.1) is 0 Å². The maximum absolute atomic E-state index is 12.1. The second-order valence-electron chi connectivity index (χ2n) is 3.71. The zero-order chi connectivity index (χ0) is 11.1. The number of thioether (sulfide) groups is 1. The summed E-state index contributed by atoms with van der Waals surface area (Å²) in [5, 5.41) is -0.340. The Morgan fingerprint density at radius 3 is 2.81 bits per heavy atom. The standard InChI is InChI=1S/C13H8O2S/c14-10-6-3-5-9-12(15)8-4-1-2-7-11(8)16-13(9)10/h1-7,13H. The summed E-state index contributed by atoms with van der Waals surface area (Å²) in [6.07, 6.45) is 4.93. The maximum Gasteiger partial charge on any atom is 0.191 e. The van der Waals surface area contributed by atoms with E-state index in [9.17, 15) is 9.59 Å². The van der Waals surface area contributed by atoms with Crippen LogP contribution in [0.2, 0.25) is 0 Å². The van der Waals surface area contributed by atoms with Crippen molar-refractivity contribution in [2.75, 3.05) is 0 Å². The van der Waals surface area contributed by atoms with Crippen molar-refractivity contribution in [2.24, 2.45) is 0 Å². The molecule has 1 aromatic rings. The van der Waals surface area contributed by atoms with Crippen LogP contribution in [0.15, 0.2) is 53.0 Å². The van der Waals surface area contributed by atoms with Crippen molar-refractivity contribution >= 4 is 23.3 Å². The van der Waals surface area contributed by atoms with Crippen LogP contribution in [0.25, 0.3) is 0 Å². The molecule has 3 heteroatoms. The van der Waals surface area contributed by atoms with E-state index in [1.54, 1.807) is 12.2 Å². The molecule has 78 valence electrons. The van der Waals surface area contributed by atoms with Crippen LogP contribution in [0.3, 0.4) is 0 Å². The van der Waals surface area contributed by atoms with Gasteiger partial charge in [0.1, 0.15) is 5.25 Å². The summed E-state index contributed by atoms with van der Waals surface area (Å²) in [6, 6.07) is 7.43. The molecule has 0 N–H and O–H groups in total. The van der Waals surface area contributed by atoms with Crippen LogP contribution in [0.1, 0.15) is 10.4 Å². The number of carbonyl (C=O) groups excluding carboxylic acids is 2. The molecule has 0 spiro atoms. The van der Waals surface area contributed by atoms with Crippen molar-refractivity contribution in [1.29, 1.82) is 0 Å². The predicted octanol–water partition coefficient (Wildman–Crippen LogP) is 2.41. The van der Waals surface area contributed by atoms with Gasteiger partial charge in [-0.3, -0.25) is 9.59 Å². The van der Waals surface area contributed by atoms with Crippen molar-refractivity contribution in [1.82, 2.24) is 0 Å². The van der Waals surface area contributed by atoms with Gasteiger partial charge in [-0.25, -0.2) is 0 Å². The highest BCUT2D eigenvalue weighted by Crippen LogP contribution is 2.39. The number of hydrogen-bond donors (Lipinski definition) is 0. The van der Waals surface area contributed by atoms with Crippen molar-refractivity contribution in [2.45, 2.75) is 10.1 Å². The molecule has 0 bridgehead atoms. The van der Waals surface area contributed by atoms with Gasteiger partial charge in [-0.1, -0.05) is 24.3 Å². The summed E-state index contributed by atoms with van der Waals surface area (Å²) in [6.45, 7) is 0. The number of rotatable bonds is 0. The maximum atomic E-state index is 12.1. The summed E-state index contributed by atoms with van der Waals surface area (Å²) in [5.74, 6) is -0.0117. The van der Waals surface area contributed by atoms with Crippen LogP contribution in [0.4, 0.5) is 0 Å². The zero-order valence-electron chi connectivity index (χ0n) is 8.34. The highest BCUT2D eigenvalue weighted by Gasteiger charge is 2.35. The summed E-state index contributed by atoms with van der Waals surface area (Å²) in [5.41, 5.74) is 1.31. The number of benzene rings is 1. The first-order valence-electron chi connectivity index (χ1n) is 5.00. The second kappa shape index (κ2) is 3.46. The smallest absolute Gasteiger partial charge is 0.191 e. The highest BCUT2D eigenvalue weighted by molar-refractivity contribution is 8.01. The molecule has 2 nitrogen and oxygen atoms in total. The average molecular weight is 228 g/mol. The van der Waals surface area contributed by atoms with E-state index < -0.39 is 0 Å². The molecule has 1 aliphatic carbocycles. The molecule has 2 aliphatic rings. The summed E-state index contributed by atoms with van der Waals surface area (Å²) >= 11 is 1.46. The van der Waals surface area contributed by atoms with E-state index in [2.05, 4.69) is 0 Å². The topological polar surface area (TPSA) is 34.1 Å². The molecule has 1 heterocycles. The summed E-state index contributed by atoms with van der Waals surface area (Å²) in [7, 11) is 0. The van der Waals surface area contributed by atoms with E-state index in [4.69, 9.17) is 0 Å². The Balaban J connectivity index is 2.17. The average Bonchev–Trinajstić information content (AvgIpc) is 2.31. The number of carbonyl (C=O) groups is 2. The Morgan fingerprint density at radius 2 is 1.94 bits per heavy atom. The Bertz CT molecular complexity index is 555. The fourth-order valence-electron chi connectivity index (χ4n) is 1.93. The lowest BCUT2D eigenvalue weighted by Gasteiger charge is -2.25. The van der Waals surface area contributed by atoms with Gasteiger partial charge < -0.3 is 0 Å². The molecule has 1 unspecified atom stereocenters. The van der Waals surface area contributed by atoms with Gasteiger partial charge in [0.2, 0.25) is 0 Å². The van der Waals surface area contributed by atoms with Gasteiger partial charge in [0, 0.05) is 16.0 Å². The first-order valence-corrected chi connectivity index (χ1v) is 5.88. The molecule has 1 aromatic carbocycles. The van der Waals surface area contributed by atoms with Gasteiger partial charge in [0.05, 0.1) is 0 Å². The van der Waals surface area contributed by atoms with Gasteiger partial charge in [-0.2, -0.15) is 0 Å². The fourth-order valence-corrected chi connectivity index (χ4v) is 3.14. The van der Waals surface area contributed by atoms with E-state index in [1.807, 2.05) is 24.3 Å². The molecule has 0 amide bonds. The molecule has 1 atom stereocenters. The molecule has 0 fully saturated rings. The van der Waals surface area contributed by atoms with Gasteiger partial charge in [-0.05, 0) is 18.2 Å². The van der Waals surface area contributed by atoms with Crippen molar-refractivity contribution in [3.05, 3.63) is 53.6 Å². The normalized spacial score (nSPS) is 22.5. The molecule has 0 radical (unpaired) electrons. The predicted molar refractivity (Wildman–Crippen MR) is 62.6 cm³/mol. The number of Topliss-reactive ketones (excluding diaryl/α,β-unsaturated/α-hetero) is 1. The highest BCUT2D eigenvalue weighted by atomic mass is 32.2. The SMILES string of the molecule is O=C1C2=CC=CC(=O)C2Sc2ccccc21. The minimum atomic E-state index is -0.340. The van der Waals surface area contributed by atoms with E-state index in [-0.39, 0.29) is 16.8 Å². The van der Waals surface area contributed by atoms with Gasteiger partial charge in [0.25, 0.3) is 0 Å². The third-order valence-corrected chi connectivity index (χ3v) is 4.05. The number of allylic oxidation sites excluding steroid dienone is 3. The van der Waals surface area contributed by atoms with Crippen molar-refractivity contribution in [3.8, 4) is 0 Å². The first-order chi connectivity index (χ1) is 7.77. The largest absolute Gasteiger partial charge is 0.293 e. The second-order valence-corrected chi connectivity index (χ2v) is 4.85. The molecule has 1 aliphatic heterocycles. The lowest BCUT2D eigenvalue weighted by molar-refractivity contribution is -0.113. The quantitative estimate of drug-likeness (QED) is 0.683. The van der Waals surface area contributed by atoms with Crippen molar-refractivity contribution in [3.63, 3.8) is 0 Å². The minimum absolute atomic E-state index is 0.00496.